The Morgan fingerprint density at radius 1 is 1.32 bits per heavy atom. The summed E-state index contributed by atoms with van der Waals surface area (Å²) in [4.78, 5) is 23.8. The van der Waals surface area contributed by atoms with E-state index in [0.717, 1.165) is 22.0 Å². The molecular weight excluding hydrogens is 300 g/mol. The van der Waals surface area contributed by atoms with E-state index in [1.807, 2.05) is 32.0 Å². The first-order chi connectivity index (χ1) is 10.5. The van der Waals surface area contributed by atoms with Gasteiger partial charge in [0.15, 0.2) is 5.65 Å². The van der Waals surface area contributed by atoms with E-state index in [9.17, 15) is 4.79 Å². The average molecular weight is 315 g/mol. The predicted octanol–water partition coefficient (Wildman–Crippen LogP) is 3.16. The number of aromatic amines is 1. The number of nitrogens with one attached hydrogen (secondary N) is 2. The first-order valence-corrected chi connectivity index (χ1v) is 7.27. The molecule has 0 saturated carbocycles. The van der Waals surface area contributed by atoms with Crippen molar-refractivity contribution in [2.45, 2.75) is 20.4 Å². The van der Waals surface area contributed by atoms with Gasteiger partial charge in [-0.05, 0) is 37.1 Å². The van der Waals surface area contributed by atoms with Crippen LogP contribution in [0.1, 0.15) is 27.3 Å². The highest BCUT2D eigenvalue weighted by atomic mass is 35.5. The molecule has 1 amide bonds. The normalized spacial score (nSPS) is 10.9. The standard InChI is InChI=1S/C16H15ClN4O/c1-9-7-11(3-4-13(9)17)8-19-16(22)12-5-6-18-15-14(12)20-10(2)21-15/h3-7H,8H2,1-2H3,(H,19,22)(H,18,20,21). The number of aryl methyl sites for hydroxylation is 2. The van der Waals surface area contributed by atoms with E-state index in [1.165, 1.54) is 0 Å². The monoisotopic (exact) mass is 314 g/mol. The topological polar surface area (TPSA) is 70.7 Å². The van der Waals surface area contributed by atoms with Crippen molar-refractivity contribution in [1.82, 2.24) is 20.3 Å². The summed E-state index contributed by atoms with van der Waals surface area (Å²) in [6.07, 6.45) is 1.59. The summed E-state index contributed by atoms with van der Waals surface area (Å²) in [5.41, 5.74) is 3.74. The van der Waals surface area contributed by atoms with Crippen LogP contribution in [0.3, 0.4) is 0 Å². The van der Waals surface area contributed by atoms with Gasteiger partial charge >= 0.3 is 0 Å². The van der Waals surface area contributed by atoms with Gasteiger partial charge < -0.3 is 10.3 Å². The van der Waals surface area contributed by atoms with Crippen molar-refractivity contribution in [2.24, 2.45) is 0 Å². The van der Waals surface area contributed by atoms with Crippen molar-refractivity contribution < 1.29 is 4.79 Å². The molecule has 3 aromatic rings. The lowest BCUT2D eigenvalue weighted by Gasteiger charge is -2.07. The minimum absolute atomic E-state index is 0.163. The molecule has 2 aromatic heterocycles. The molecule has 0 bridgehead atoms. The zero-order valence-corrected chi connectivity index (χ0v) is 13.0. The third kappa shape index (κ3) is 2.80. The number of nitrogens with zero attached hydrogens (tertiary/aromatic N) is 2. The molecule has 2 N–H and O–H groups in total. The Labute approximate surface area is 132 Å². The maximum Gasteiger partial charge on any atom is 0.253 e. The fourth-order valence-electron chi connectivity index (χ4n) is 2.31. The minimum atomic E-state index is -0.163. The number of amides is 1. The number of carbonyl (C=O) groups excluding carboxylic acids is 1. The highest BCUT2D eigenvalue weighted by Crippen LogP contribution is 2.17. The van der Waals surface area contributed by atoms with Crippen LogP contribution in [0, 0.1) is 13.8 Å². The highest BCUT2D eigenvalue weighted by molar-refractivity contribution is 6.31. The number of halogens is 1. The minimum Gasteiger partial charge on any atom is -0.348 e. The summed E-state index contributed by atoms with van der Waals surface area (Å²) in [6.45, 7) is 4.21. The molecule has 0 saturated heterocycles. The van der Waals surface area contributed by atoms with Crippen molar-refractivity contribution >= 4 is 28.7 Å². The van der Waals surface area contributed by atoms with Gasteiger partial charge in [0.05, 0.1) is 11.1 Å². The van der Waals surface area contributed by atoms with Gasteiger partial charge in [0, 0.05) is 17.8 Å². The number of benzene rings is 1. The highest BCUT2D eigenvalue weighted by Gasteiger charge is 2.13. The molecule has 0 spiro atoms. The Morgan fingerprint density at radius 3 is 2.91 bits per heavy atom. The molecule has 0 aliphatic heterocycles. The lowest BCUT2D eigenvalue weighted by atomic mass is 10.1. The number of aromatic nitrogens is 3. The Morgan fingerprint density at radius 2 is 2.14 bits per heavy atom. The Bertz CT molecular complexity index is 856. The van der Waals surface area contributed by atoms with Crippen LogP contribution in [0.5, 0.6) is 0 Å². The van der Waals surface area contributed by atoms with Crippen molar-refractivity contribution in [2.75, 3.05) is 0 Å². The van der Waals surface area contributed by atoms with Gasteiger partial charge in [0.25, 0.3) is 5.91 Å². The van der Waals surface area contributed by atoms with Crippen LogP contribution in [0.15, 0.2) is 30.5 Å². The maximum absolute atomic E-state index is 12.4. The number of hydrogen-bond acceptors (Lipinski definition) is 3. The molecule has 0 aliphatic rings. The fraction of sp³-hybridized carbons (Fsp3) is 0.188. The number of imidazole rings is 1. The Kier molecular flexibility index (Phi) is 3.81. The lowest BCUT2D eigenvalue weighted by molar-refractivity contribution is 0.0952. The lowest BCUT2D eigenvalue weighted by Crippen LogP contribution is -2.23. The van der Waals surface area contributed by atoms with Crippen molar-refractivity contribution in [3.8, 4) is 0 Å². The van der Waals surface area contributed by atoms with E-state index < -0.39 is 0 Å². The summed E-state index contributed by atoms with van der Waals surface area (Å²) in [5.74, 6) is 0.569. The van der Waals surface area contributed by atoms with Gasteiger partial charge in [-0.2, -0.15) is 0 Å². The van der Waals surface area contributed by atoms with Crippen LogP contribution in [0.2, 0.25) is 5.02 Å². The first kappa shape index (κ1) is 14.5. The number of carbonyl (C=O) groups is 1. The van der Waals surface area contributed by atoms with E-state index in [2.05, 4.69) is 20.3 Å². The van der Waals surface area contributed by atoms with Crippen LogP contribution in [-0.4, -0.2) is 20.9 Å². The molecule has 3 rings (SSSR count). The van der Waals surface area contributed by atoms with E-state index in [-0.39, 0.29) is 5.91 Å². The van der Waals surface area contributed by atoms with Crippen molar-refractivity contribution in [3.05, 3.63) is 58.0 Å². The van der Waals surface area contributed by atoms with E-state index >= 15 is 0 Å². The molecule has 2 heterocycles. The smallest absolute Gasteiger partial charge is 0.253 e. The molecule has 0 fully saturated rings. The third-order valence-corrected chi connectivity index (χ3v) is 3.85. The van der Waals surface area contributed by atoms with E-state index in [0.29, 0.717) is 23.3 Å². The van der Waals surface area contributed by atoms with Crippen LogP contribution >= 0.6 is 11.6 Å². The van der Waals surface area contributed by atoms with Crippen LogP contribution in [-0.2, 0) is 6.54 Å². The van der Waals surface area contributed by atoms with Gasteiger partial charge in [0.2, 0.25) is 0 Å². The summed E-state index contributed by atoms with van der Waals surface area (Å²) in [5, 5.41) is 3.63. The maximum atomic E-state index is 12.4. The van der Waals surface area contributed by atoms with Crippen LogP contribution in [0.25, 0.3) is 11.2 Å². The molecule has 1 aromatic carbocycles. The SMILES string of the molecule is Cc1nc2nccc(C(=O)NCc3ccc(Cl)c(C)c3)c2[nH]1. The number of pyridine rings is 1. The van der Waals surface area contributed by atoms with Gasteiger partial charge in [-0.3, -0.25) is 4.79 Å². The third-order valence-electron chi connectivity index (χ3n) is 3.43. The summed E-state index contributed by atoms with van der Waals surface area (Å²) in [7, 11) is 0. The van der Waals surface area contributed by atoms with Gasteiger partial charge in [-0.25, -0.2) is 9.97 Å². The molecule has 0 aliphatic carbocycles. The zero-order valence-electron chi connectivity index (χ0n) is 12.3. The number of hydrogen-bond donors (Lipinski definition) is 2. The van der Waals surface area contributed by atoms with E-state index in [1.54, 1.807) is 12.3 Å². The Balaban J connectivity index is 1.80. The Hall–Kier alpha value is -2.40. The quantitative estimate of drug-likeness (QED) is 0.780. The fourth-order valence-corrected chi connectivity index (χ4v) is 2.43. The summed E-state index contributed by atoms with van der Waals surface area (Å²) >= 11 is 6.00. The molecule has 0 radical (unpaired) electrons. The summed E-state index contributed by atoms with van der Waals surface area (Å²) < 4.78 is 0. The first-order valence-electron chi connectivity index (χ1n) is 6.89. The van der Waals surface area contributed by atoms with Crippen LogP contribution in [0.4, 0.5) is 0 Å². The molecule has 112 valence electrons. The van der Waals surface area contributed by atoms with Gasteiger partial charge in [-0.15, -0.1) is 0 Å². The average Bonchev–Trinajstić information content (AvgIpc) is 2.88. The molecule has 6 heteroatoms. The summed E-state index contributed by atoms with van der Waals surface area (Å²) in [6, 6.07) is 7.38. The predicted molar refractivity (Wildman–Crippen MR) is 86.0 cm³/mol. The largest absolute Gasteiger partial charge is 0.348 e. The second kappa shape index (κ2) is 5.77. The molecule has 0 unspecified atom stereocenters. The molecule has 5 nitrogen and oxygen atoms in total. The molecule has 22 heavy (non-hydrogen) atoms. The number of rotatable bonds is 3. The van der Waals surface area contributed by atoms with Crippen LogP contribution < -0.4 is 5.32 Å². The van der Waals surface area contributed by atoms with Crippen molar-refractivity contribution in [1.29, 1.82) is 0 Å². The molecule has 0 atom stereocenters. The second-order valence-electron chi connectivity index (χ2n) is 5.15. The number of H-pyrrole nitrogens is 1. The van der Waals surface area contributed by atoms with Gasteiger partial charge in [0.1, 0.15) is 5.82 Å². The second-order valence-corrected chi connectivity index (χ2v) is 5.55. The van der Waals surface area contributed by atoms with Crippen molar-refractivity contribution in [3.63, 3.8) is 0 Å². The number of fused-ring (bicyclic) bond motifs is 1. The van der Waals surface area contributed by atoms with E-state index in [4.69, 9.17) is 11.6 Å². The zero-order chi connectivity index (χ0) is 15.7. The molecular formula is C16H15ClN4O. The van der Waals surface area contributed by atoms with Gasteiger partial charge in [-0.1, -0.05) is 23.7 Å².